The first-order chi connectivity index (χ1) is 9.10. The first-order valence-corrected chi connectivity index (χ1v) is 6.60. The van der Waals surface area contributed by atoms with Gasteiger partial charge in [-0.25, -0.2) is 4.79 Å². The van der Waals surface area contributed by atoms with Crippen LogP contribution >= 0.6 is 11.3 Å². The van der Waals surface area contributed by atoms with E-state index in [0.29, 0.717) is 6.54 Å². The van der Waals surface area contributed by atoms with Crippen LogP contribution in [-0.2, 0) is 13.0 Å². The summed E-state index contributed by atoms with van der Waals surface area (Å²) in [5.41, 5.74) is 0. The molecule has 0 bridgehead atoms. The highest BCUT2D eigenvalue weighted by Crippen LogP contribution is 2.16. The van der Waals surface area contributed by atoms with Crippen molar-refractivity contribution in [2.24, 2.45) is 0 Å². The smallest absolute Gasteiger partial charge is 0.371 e. The van der Waals surface area contributed by atoms with Gasteiger partial charge in [-0.3, -0.25) is 4.79 Å². The summed E-state index contributed by atoms with van der Waals surface area (Å²) < 4.78 is 4.91. The zero-order valence-corrected chi connectivity index (χ0v) is 11.1. The molecule has 2 heterocycles. The number of carbonyl (C=O) groups is 2. The van der Waals surface area contributed by atoms with Gasteiger partial charge in [0.25, 0.3) is 5.91 Å². The molecule has 1 amide bonds. The lowest BCUT2D eigenvalue weighted by Crippen LogP contribution is -2.21. The van der Waals surface area contributed by atoms with E-state index in [-0.39, 0.29) is 11.5 Å². The van der Waals surface area contributed by atoms with Crippen LogP contribution in [0.1, 0.15) is 37.8 Å². The lowest BCUT2D eigenvalue weighted by atomic mass is 10.3. The Hall–Kier alpha value is -2.08. The number of hydrogen-bond donors (Lipinski definition) is 2. The van der Waals surface area contributed by atoms with Gasteiger partial charge < -0.3 is 14.8 Å². The Bertz CT molecular complexity index is 599. The predicted octanol–water partition coefficient (Wildman–Crippen LogP) is 2.53. The van der Waals surface area contributed by atoms with Gasteiger partial charge in [0.15, 0.2) is 5.76 Å². The average Bonchev–Trinajstić information content (AvgIpc) is 3.04. The van der Waals surface area contributed by atoms with E-state index in [1.54, 1.807) is 11.3 Å². The van der Waals surface area contributed by atoms with Gasteiger partial charge in [0.05, 0.1) is 6.54 Å². The third-order valence-electron chi connectivity index (χ3n) is 2.53. The molecule has 6 heteroatoms. The number of carboxylic acids is 1. The average molecular weight is 279 g/mol. The Kier molecular flexibility index (Phi) is 4.01. The van der Waals surface area contributed by atoms with E-state index in [0.717, 1.165) is 11.3 Å². The van der Waals surface area contributed by atoms with E-state index >= 15 is 0 Å². The second kappa shape index (κ2) is 5.71. The number of carbonyl (C=O) groups excluding carboxylic acids is 1. The van der Waals surface area contributed by atoms with Crippen LogP contribution < -0.4 is 5.32 Å². The second-order valence-corrected chi connectivity index (χ2v) is 5.13. The molecule has 0 radical (unpaired) electrons. The number of carboxylic acid groups (broad SMARTS) is 1. The quantitative estimate of drug-likeness (QED) is 0.881. The van der Waals surface area contributed by atoms with E-state index < -0.39 is 11.9 Å². The Morgan fingerprint density at radius 1 is 1.21 bits per heavy atom. The Balaban J connectivity index is 1.95. The molecule has 0 aliphatic carbocycles. The van der Waals surface area contributed by atoms with Crippen molar-refractivity contribution in [1.29, 1.82) is 0 Å². The number of nitrogens with one attached hydrogen (secondary N) is 1. The molecule has 0 saturated heterocycles. The van der Waals surface area contributed by atoms with Gasteiger partial charge in [-0.05, 0) is 30.7 Å². The van der Waals surface area contributed by atoms with Crippen LogP contribution in [0, 0.1) is 0 Å². The SMILES string of the molecule is CCc1ccc(CNC(=O)c2ccc(C(=O)O)o2)s1. The zero-order valence-electron chi connectivity index (χ0n) is 10.3. The van der Waals surface area contributed by atoms with Crippen LogP contribution in [-0.4, -0.2) is 17.0 Å². The van der Waals surface area contributed by atoms with Crippen molar-refractivity contribution in [3.63, 3.8) is 0 Å². The maximum atomic E-state index is 11.7. The first kappa shape index (κ1) is 13.4. The molecular formula is C13H13NO4S. The van der Waals surface area contributed by atoms with Crippen LogP contribution in [0.3, 0.4) is 0 Å². The number of aromatic carboxylic acids is 1. The van der Waals surface area contributed by atoms with Crippen LogP contribution in [0.25, 0.3) is 0 Å². The van der Waals surface area contributed by atoms with Crippen LogP contribution in [0.2, 0.25) is 0 Å². The lowest BCUT2D eigenvalue weighted by Gasteiger charge is -2.00. The zero-order chi connectivity index (χ0) is 13.8. The summed E-state index contributed by atoms with van der Waals surface area (Å²) >= 11 is 1.64. The molecule has 2 aromatic rings. The standard InChI is InChI=1S/C13H13NO4S/c1-2-8-3-4-9(19-8)7-14-12(15)10-5-6-11(18-10)13(16)17/h3-6H,2,7H2,1H3,(H,14,15)(H,16,17). The summed E-state index contributed by atoms with van der Waals surface area (Å²) in [6.07, 6.45) is 0.971. The molecule has 2 N–H and O–H groups in total. The van der Waals surface area contributed by atoms with Crippen LogP contribution in [0.15, 0.2) is 28.7 Å². The minimum Gasteiger partial charge on any atom is -0.475 e. The number of amides is 1. The van der Waals surface area contributed by atoms with E-state index in [1.165, 1.54) is 17.0 Å². The molecular weight excluding hydrogens is 266 g/mol. The minimum absolute atomic E-state index is 0.00433. The van der Waals surface area contributed by atoms with Crippen molar-refractivity contribution in [2.75, 3.05) is 0 Å². The van der Waals surface area contributed by atoms with E-state index in [1.807, 2.05) is 12.1 Å². The second-order valence-electron chi connectivity index (χ2n) is 3.87. The fourth-order valence-electron chi connectivity index (χ4n) is 1.54. The predicted molar refractivity (Wildman–Crippen MR) is 70.5 cm³/mol. The van der Waals surface area contributed by atoms with E-state index in [9.17, 15) is 9.59 Å². The fraction of sp³-hybridized carbons (Fsp3) is 0.231. The van der Waals surface area contributed by atoms with Crippen LogP contribution in [0.5, 0.6) is 0 Å². The van der Waals surface area contributed by atoms with Crippen molar-refractivity contribution >= 4 is 23.2 Å². The summed E-state index contributed by atoms with van der Waals surface area (Å²) in [6.45, 7) is 2.48. The first-order valence-electron chi connectivity index (χ1n) is 5.79. The summed E-state index contributed by atoms with van der Waals surface area (Å²) in [5.74, 6) is -1.84. The molecule has 0 atom stereocenters. The number of thiophene rings is 1. The monoisotopic (exact) mass is 279 g/mol. The molecule has 19 heavy (non-hydrogen) atoms. The van der Waals surface area contributed by atoms with Crippen molar-refractivity contribution in [3.05, 3.63) is 45.5 Å². The molecule has 0 aliphatic heterocycles. The maximum absolute atomic E-state index is 11.7. The van der Waals surface area contributed by atoms with Crippen molar-refractivity contribution in [3.8, 4) is 0 Å². The number of rotatable bonds is 5. The number of hydrogen-bond acceptors (Lipinski definition) is 4. The van der Waals surface area contributed by atoms with Gasteiger partial charge >= 0.3 is 5.97 Å². The fourth-order valence-corrected chi connectivity index (χ4v) is 2.43. The molecule has 100 valence electrons. The molecule has 0 saturated carbocycles. The molecule has 0 aliphatic rings. The van der Waals surface area contributed by atoms with Crippen molar-refractivity contribution < 1.29 is 19.1 Å². The number of furan rings is 1. The van der Waals surface area contributed by atoms with Gasteiger partial charge in [-0.2, -0.15) is 0 Å². The highest BCUT2D eigenvalue weighted by Gasteiger charge is 2.14. The third-order valence-corrected chi connectivity index (χ3v) is 3.76. The van der Waals surface area contributed by atoms with Gasteiger partial charge in [0, 0.05) is 9.75 Å². The van der Waals surface area contributed by atoms with Crippen LogP contribution in [0.4, 0.5) is 0 Å². The summed E-state index contributed by atoms with van der Waals surface area (Å²) in [4.78, 5) is 24.7. The van der Waals surface area contributed by atoms with Gasteiger partial charge in [0.1, 0.15) is 0 Å². The molecule has 2 aromatic heterocycles. The minimum atomic E-state index is -1.19. The van der Waals surface area contributed by atoms with Crippen molar-refractivity contribution in [1.82, 2.24) is 5.32 Å². The molecule has 0 fully saturated rings. The summed E-state index contributed by atoms with van der Waals surface area (Å²) in [6, 6.07) is 6.61. The maximum Gasteiger partial charge on any atom is 0.371 e. The Morgan fingerprint density at radius 2 is 1.89 bits per heavy atom. The topological polar surface area (TPSA) is 79.5 Å². The summed E-state index contributed by atoms with van der Waals surface area (Å²) in [7, 11) is 0. The largest absolute Gasteiger partial charge is 0.475 e. The van der Waals surface area contributed by atoms with Gasteiger partial charge in [-0.1, -0.05) is 6.92 Å². The Morgan fingerprint density at radius 3 is 2.47 bits per heavy atom. The Labute approximate surface area is 113 Å². The normalized spacial score (nSPS) is 10.4. The van der Waals surface area contributed by atoms with E-state index in [4.69, 9.17) is 9.52 Å². The highest BCUT2D eigenvalue weighted by molar-refractivity contribution is 7.11. The molecule has 0 unspecified atom stereocenters. The highest BCUT2D eigenvalue weighted by atomic mass is 32.1. The molecule has 2 rings (SSSR count). The molecule has 0 spiro atoms. The third kappa shape index (κ3) is 3.23. The molecule has 5 nitrogen and oxygen atoms in total. The van der Waals surface area contributed by atoms with Gasteiger partial charge in [-0.15, -0.1) is 11.3 Å². The van der Waals surface area contributed by atoms with E-state index in [2.05, 4.69) is 12.2 Å². The molecule has 0 aromatic carbocycles. The number of aryl methyl sites for hydroxylation is 1. The lowest BCUT2D eigenvalue weighted by molar-refractivity contribution is 0.0659. The van der Waals surface area contributed by atoms with Gasteiger partial charge in [0.2, 0.25) is 5.76 Å². The van der Waals surface area contributed by atoms with Crippen molar-refractivity contribution in [2.45, 2.75) is 19.9 Å². The summed E-state index contributed by atoms with van der Waals surface area (Å²) in [5, 5.41) is 11.4.